The normalized spacial score (nSPS) is 14.1. The van der Waals surface area contributed by atoms with E-state index >= 15 is 0 Å². The maximum absolute atomic E-state index is 11.5. The van der Waals surface area contributed by atoms with E-state index in [2.05, 4.69) is 131 Å². The van der Waals surface area contributed by atoms with Crippen molar-refractivity contribution in [2.45, 2.75) is 6.04 Å². The van der Waals surface area contributed by atoms with Gasteiger partial charge in [-0.3, -0.25) is 10.1 Å². The first-order valence-corrected chi connectivity index (χ1v) is 13.7. The second-order valence-corrected chi connectivity index (χ2v) is 10.4. The number of hydrogen-bond donors (Lipinski definition) is 0. The minimum Gasteiger partial charge on any atom is -0.341 e. The van der Waals surface area contributed by atoms with Gasteiger partial charge in [-0.15, -0.1) is 0 Å². The molecule has 2 aliphatic rings. The Morgan fingerprint density at radius 2 is 0.927 bits per heavy atom. The van der Waals surface area contributed by atoms with Gasteiger partial charge in [0.25, 0.3) is 5.69 Å². The summed E-state index contributed by atoms with van der Waals surface area (Å²) in [7, 11) is 4.21. The highest BCUT2D eigenvalue weighted by Gasteiger charge is 2.35. The minimum absolute atomic E-state index is 0.0852. The molecular formula is C34H29N5O2. The highest BCUT2D eigenvalue weighted by Crippen LogP contribution is 2.53. The van der Waals surface area contributed by atoms with E-state index < -0.39 is 0 Å². The number of nitro groups is 1. The molecule has 0 aliphatic carbocycles. The largest absolute Gasteiger partial charge is 0.341 e. The number of fused-ring (bicyclic) bond motifs is 4. The molecule has 0 fully saturated rings. The third-order valence-electron chi connectivity index (χ3n) is 8.23. The lowest BCUT2D eigenvalue weighted by Crippen LogP contribution is -2.38. The summed E-state index contributed by atoms with van der Waals surface area (Å²) < 4.78 is 0. The van der Waals surface area contributed by atoms with Gasteiger partial charge in [-0.25, -0.2) is 0 Å². The van der Waals surface area contributed by atoms with Crippen molar-refractivity contribution < 1.29 is 4.92 Å². The van der Waals surface area contributed by atoms with Crippen molar-refractivity contribution in [2.24, 2.45) is 0 Å². The summed E-state index contributed by atoms with van der Waals surface area (Å²) in [6, 6.07) is 40.7. The molecule has 7 nitrogen and oxygen atoms in total. The second-order valence-electron chi connectivity index (χ2n) is 10.4. The van der Waals surface area contributed by atoms with E-state index in [1.54, 1.807) is 12.1 Å². The Hall–Kier alpha value is -5.30. The number of para-hydroxylation sites is 8. The first-order valence-electron chi connectivity index (χ1n) is 13.7. The van der Waals surface area contributed by atoms with E-state index in [1.165, 1.54) is 0 Å². The Balaban J connectivity index is 1.44. The van der Waals surface area contributed by atoms with Crippen LogP contribution in [0, 0.1) is 10.1 Å². The van der Waals surface area contributed by atoms with Crippen LogP contribution in [0.15, 0.2) is 121 Å². The Morgan fingerprint density at radius 1 is 0.561 bits per heavy atom. The van der Waals surface area contributed by atoms with Crippen molar-refractivity contribution in [2.75, 3.05) is 40.2 Å². The van der Waals surface area contributed by atoms with Crippen molar-refractivity contribution in [3.8, 4) is 0 Å². The molecule has 5 aromatic carbocycles. The van der Waals surface area contributed by atoms with Crippen LogP contribution < -0.4 is 19.6 Å². The highest BCUT2D eigenvalue weighted by atomic mass is 16.6. The zero-order chi connectivity index (χ0) is 28.1. The third kappa shape index (κ3) is 3.97. The van der Waals surface area contributed by atoms with Gasteiger partial charge in [0.2, 0.25) is 0 Å². The van der Waals surface area contributed by atoms with Crippen molar-refractivity contribution in [3.05, 3.63) is 137 Å². The second kappa shape index (κ2) is 9.71. The van der Waals surface area contributed by atoms with Crippen molar-refractivity contribution in [3.63, 3.8) is 0 Å². The van der Waals surface area contributed by atoms with Crippen LogP contribution in [0.5, 0.6) is 0 Å². The molecule has 41 heavy (non-hydrogen) atoms. The summed E-state index contributed by atoms with van der Waals surface area (Å²) in [6.45, 7) is 0.617. The monoisotopic (exact) mass is 539 g/mol. The van der Waals surface area contributed by atoms with Crippen molar-refractivity contribution in [1.82, 2.24) is 0 Å². The van der Waals surface area contributed by atoms with Gasteiger partial charge < -0.3 is 19.6 Å². The lowest BCUT2D eigenvalue weighted by molar-refractivity contribution is -0.384. The molecule has 7 rings (SSSR count). The molecule has 0 radical (unpaired) electrons. The SMILES string of the molecule is CN1c2ccccc2N(CC(c2ccc([N+](=O)[O-])cc2)N2c3ccccc3N(C)c3ccccc32)c2ccccc21. The first-order chi connectivity index (χ1) is 20.0. The molecule has 7 heteroatoms. The summed E-state index contributed by atoms with van der Waals surface area (Å²) >= 11 is 0. The van der Waals surface area contributed by atoms with Crippen LogP contribution in [0.2, 0.25) is 0 Å². The fraction of sp³-hybridized carbons (Fsp3) is 0.118. The summed E-state index contributed by atoms with van der Waals surface area (Å²) in [6.07, 6.45) is 0. The Bertz CT molecular complexity index is 1670. The fourth-order valence-electron chi connectivity index (χ4n) is 6.23. The summed E-state index contributed by atoms with van der Waals surface area (Å²) in [5.41, 5.74) is 9.99. The van der Waals surface area contributed by atoms with Crippen LogP contribution in [0.4, 0.5) is 51.2 Å². The van der Waals surface area contributed by atoms with E-state index in [0.29, 0.717) is 6.54 Å². The quantitative estimate of drug-likeness (QED) is 0.165. The Morgan fingerprint density at radius 3 is 1.34 bits per heavy atom. The van der Waals surface area contributed by atoms with Crippen molar-refractivity contribution >= 4 is 51.2 Å². The molecule has 2 aliphatic heterocycles. The minimum atomic E-state index is -0.341. The Kier molecular flexibility index (Phi) is 5.86. The van der Waals surface area contributed by atoms with Crippen LogP contribution in [-0.4, -0.2) is 25.6 Å². The van der Waals surface area contributed by atoms with E-state index in [1.807, 2.05) is 12.1 Å². The molecule has 202 valence electrons. The summed E-state index contributed by atoms with van der Waals surface area (Å²) in [5, 5.41) is 11.5. The van der Waals surface area contributed by atoms with Gasteiger partial charge in [-0.05, 0) is 54.1 Å². The molecule has 2 heterocycles. The number of nitro benzene ring substituents is 1. The molecule has 5 aromatic rings. The fourth-order valence-corrected chi connectivity index (χ4v) is 6.23. The van der Waals surface area contributed by atoms with Gasteiger partial charge in [0.1, 0.15) is 0 Å². The summed E-state index contributed by atoms with van der Waals surface area (Å²) in [4.78, 5) is 20.5. The van der Waals surface area contributed by atoms with Gasteiger partial charge in [0.05, 0.1) is 56.5 Å². The molecular weight excluding hydrogens is 510 g/mol. The van der Waals surface area contributed by atoms with Gasteiger partial charge in [0, 0.05) is 32.8 Å². The zero-order valence-corrected chi connectivity index (χ0v) is 22.9. The molecule has 0 bridgehead atoms. The average molecular weight is 540 g/mol. The maximum Gasteiger partial charge on any atom is 0.269 e. The van der Waals surface area contributed by atoms with Crippen LogP contribution in [-0.2, 0) is 0 Å². The number of nitrogens with zero attached hydrogens (tertiary/aromatic N) is 5. The van der Waals surface area contributed by atoms with E-state index in [0.717, 1.165) is 51.1 Å². The first kappa shape index (κ1) is 24.7. The molecule has 0 amide bonds. The molecule has 0 saturated carbocycles. The lowest BCUT2D eigenvalue weighted by Gasteiger charge is -2.46. The van der Waals surface area contributed by atoms with Crippen molar-refractivity contribution in [1.29, 1.82) is 0 Å². The highest BCUT2D eigenvalue weighted by molar-refractivity contribution is 5.95. The topological polar surface area (TPSA) is 56.1 Å². The molecule has 0 aromatic heterocycles. The predicted octanol–water partition coefficient (Wildman–Crippen LogP) is 8.48. The van der Waals surface area contributed by atoms with E-state index in [-0.39, 0.29) is 16.7 Å². The van der Waals surface area contributed by atoms with Crippen LogP contribution in [0.1, 0.15) is 11.6 Å². The summed E-state index contributed by atoms with van der Waals surface area (Å²) in [5.74, 6) is 0. The number of non-ortho nitro benzene ring substituents is 1. The smallest absolute Gasteiger partial charge is 0.269 e. The number of benzene rings is 5. The van der Waals surface area contributed by atoms with Gasteiger partial charge >= 0.3 is 0 Å². The maximum atomic E-state index is 11.5. The van der Waals surface area contributed by atoms with Gasteiger partial charge in [-0.1, -0.05) is 60.7 Å². The standard InChI is InChI=1S/C34H29N5O2/c1-35-26-11-3-7-15-30(26)37(31-16-8-4-12-27(31)35)23-34(24-19-21-25(22-20-24)39(40)41)38-32-17-9-5-13-28(32)36(2)29-14-6-10-18-33(29)38/h3-22,34H,23H2,1-2H3. The lowest BCUT2D eigenvalue weighted by atomic mass is 9.97. The zero-order valence-electron chi connectivity index (χ0n) is 22.9. The predicted molar refractivity (Wildman–Crippen MR) is 167 cm³/mol. The number of anilines is 8. The van der Waals surface area contributed by atoms with Crippen LogP contribution >= 0.6 is 0 Å². The van der Waals surface area contributed by atoms with Crippen LogP contribution in [0.25, 0.3) is 0 Å². The Labute approximate surface area is 239 Å². The van der Waals surface area contributed by atoms with Crippen LogP contribution in [0.3, 0.4) is 0 Å². The van der Waals surface area contributed by atoms with Gasteiger partial charge in [0.15, 0.2) is 0 Å². The molecule has 0 spiro atoms. The van der Waals surface area contributed by atoms with E-state index in [4.69, 9.17) is 0 Å². The van der Waals surface area contributed by atoms with Gasteiger partial charge in [-0.2, -0.15) is 0 Å². The van der Waals surface area contributed by atoms with E-state index in [9.17, 15) is 10.1 Å². The third-order valence-corrected chi connectivity index (χ3v) is 8.23. The average Bonchev–Trinajstić information content (AvgIpc) is 3.02. The number of rotatable bonds is 5. The molecule has 1 unspecified atom stereocenters. The molecule has 1 atom stereocenters. The number of hydrogen-bond acceptors (Lipinski definition) is 6. The molecule has 0 saturated heterocycles. The molecule has 0 N–H and O–H groups in total.